The predicted molar refractivity (Wildman–Crippen MR) is 90.0 cm³/mol. The van der Waals surface area contributed by atoms with E-state index in [1.807, 2.05) is 0 Å². The third kappa shape index (κ3) is 3.98. The van der Waals surface area contributed by atoms with Gasteiger partial charge in [0, 0.05) is 0 Å². The van der Waals surface area contributed by atoms with Gasteiger partial charge in [-0.2, -0.15) is 13.2 Å². The SMILES string of the molecule is C=Cc1c(OC)cc(/C=C/c2cccc(C(F)(F)F)c2)cc1OC. The van der Waals surface area contributed by atoms with Gasteiger partial charge in [-0.1, -0.05) is 36.9 Å². The predicted octanol–water partition coefficient (Wildman–Crippen LogP) is 5.54. The summed E-state index contributed by atoms with van der Waals surface area (Å²) >= 11 is 0. The highest BCUT2D eigenvalue weighted by Gasteiger charge is 2.30. The van der Waals surface area contributed by atoms with Gasteiger partial charge in [0.25, 0.3) is 0 Å². The minimum Gasteiger partial charge on any atom is -0.496 e. The molecule has 0 aliphatic carbocycles. The van der Waals surface area contributed by atoms with E-state index in [1.165, 1.54) is 20.3 Å². The van der Waals surface area contributed by atoms with Gasteiger partial charge >= 0.3 is 6.18 Å². The summed E-state index contributed by atoms with van der Waals surface area (Å²) in [5, 5.41) is 0. The Balaban J connectivity index is 2.37. The molecule has 5 heteroatoms. The van der Waals surface area contributed by atoms with Gasteiger partial charge in [0.05, 0.1) is 25.3 Å². The number of ether oxygens (including phenoxy) is 2. The topological polar surface area (TPSA) is 18.5 Å². The average Bonchev–Trinajstić information content (AvgIpc) is 2.58. The number of hydrogen-bond acceptors (Lipinski definition) is 2. The highest BCUT2D eigenvalue weighted by molar-refractivity contribution is 5.74. The van der Waals surface area contributed by atoms with Crippen molar-refractivity contribution in [3.63, 3.8) is 0 Å². The molecule has 0 fully saturated rings. The molecule has 0 aromatic heterocycles. The quantitative estimate of drug-likeness (QED) is 0.669. The average molecular weight is 334 g/mol. The first-order chi connectivity index (χ1) is 11.4. The first kappa shape index (κ1) is 17.7. The molecule has 126 valence electrons. The van der Waals surface area contributed by atoms with Crippen LogP contribution in [0.15, 0.2) is 43.0 Å². The van der Waals surface area contributed by atoms with E-state index < -0.39 is 11.7 Å². The van der Waals surface area contributed by atoms with E-state index in [4.69, 9.17) is 9.47 Å². The fraction of sp³-hybridized carbons (Fsp3) is 0.158. The van der Waals surface area contributed by atoms with Crippen LogP contribution in [0.25, 0.3) is 18.2 Å². The lowest BCUT2D eigenvalue weighted by molar-refractivity contribution is -0.137. The lowest BCUT2D eigenvalue weighted by atomic mass is 10.1. The van der Waals surface area contributed by atoms with Gasteiger partial charge in [0.1, 0.15) is 11.5 Å². The van der Waals surface area contributed by atoms with E-state index in [9.17, 15) is 13.2 Å². The molecule has 2 aromatic carbocycles. The molecule has 0 saturated heterocycles. The molecule has 0 radical (unpaired) electrons. The number of benzene rings is 2. The molecule has 0 amide bonds. The Bertz CT molecular complexity index is 736. The van der Waals surface area contributed by atoms with Crippen molar-refractivity contribution in [3.8, 4) is 11.5 Å². The lowest BCUT2D eigenvalue weighted by Gasteiger charge is -2.11. The van der Waals surface area contributed by atoms with E-state index in [2.05, 4.69) is 6.58 Å². The Morgan fingerprint density at radius 2 is 1.50 bits per heavy atom. The molecule has 0 bridgehead atoms. The molecule has 0 heterocycles. The van der Waals surface area contributed by atoms with Gasteiger partial charge in [-0.05, 0) is 35.4 Å². The van der Waals surface area contributed by atoms with Gasteiger partial charge < -0.3 is 9.47 Å². The molecule has 2 rings (SSSR count). The molecule has 24 heavy (non-hydrogen) atoms. The summed E-state index contributed by atoms with van der Waals surface area (Å²) in [6, 6.07) is 8.67. The van der Waals surface area contributed by atoms with E-state index in [1.54, 1.807) is 36.4 Å². The Morgan fingerprint density at radius 3 is 2.00 bits per heavy atom. The van der Waals surface area contributed by atoms with Gasteiger partial charge in [0.15, 0.2) is 0 Å². The molecule has 0 atom stereocenters. The van der Waals surface area contributed by atoms with E-state index in [-0.39, 0.29) is 0 Å². The van der Waals surface area contributed by atoms with Crippen LogP contribution in [-0.4, -0.2) is 14.2 Å². The normalized spacial score (nSPS) is 11.5. The molecule has 0 spiro atoms. The minimum absolute atomic E-state index is 0.454. The zero-order valence-electron chi connectivity index (χ0n) is 13.4. The molecule has 0 aliphatic rings. The summed E-state index contributed by atoms with van der Waals surface area (Å²) in [6.45, 7) is 3.72. The van der Waals surface area contributed by atoms with Crippen molar-refractivity contribution < 1.29 is 22.6 Å². The van der Waals surface area contributed by atoms with Crippen LogP contribution in [0, 0.1) is 0 Å². The standard InChI is InChI=1S/C19H17F3O2/c1-4-16-17(23-2)11-14(12-18(16)24-3)9-8-13-6-5-7-15(10-13)19(20,21)22/h4-12H,1H2,2-3H3/b9-8+. The largest absolute Gasteiger partial charge is 0.496 e. The second-order valence-electron chi connectivity index (χ2n) is 5.00. The molecular formula is C19H17F3O2. The molecular weight excluding hydrogens is 317 g/mol. The summed E-state index contributed by atoms with van der Waals surface area (Å²) in [5.41, 5.74) is 1.24. The number of alkyl halides is 3. The zero-order chi connectivity index (χ0) is 17.7. The molecule has 2 nitrogen and oxygen atoms in total. The van der Waals surface area contributed by atoms with Crippen molar-refractivity contribution >= 4 is 18.2 Å². The van der Waals surface area contributed by atoms with Crippen LogP contribution in [0.3, 0.4) is 0 Å². The first-order valence-electron chi connectivity index (χ1n) is 7.13. The van der Waals surface area contributed by atoms with Gasteiger partial charge in [-0.3, -0.25) is 0 Å². The van der Waals surface area contributed by atoms with Gasteiger partial charge in [-0.15, -0.1) is 0 Å². The Labute approximate surface area is 138 Å². The van der Waals surface area contributed by atoms with Crippen molar-refractivity contribution in [2.45, 2.75) is 6.18 Å². The van der Waals surface area contributed by atoms with Crippen LogP contribution in [-0.2, 0) is 6.18 Å². The van der Waals surface area contributed by atoms with Gasteiger partial charge in [0.2, 0.25) is 0 Å². The van der Waals surface area contributed by atoms with Crippen molar-refractivity contribution in [2.24, 2.45) is 0 Å². The maximum Gasteiger partial charge on any atom is 0.416 e. The monoisotopic (exact) mass is 334 g/mol. The fourth-order valence-corrected chi connectivity index (χ4v) is 2.27. The number of methoxy groups -OCH3 is 2. The summed E-state index contributed by atoms with van der Waals surface area (Å²) in [4.78, 5) is 0. The van der Waals surface area contributed by atoms with Crippen molar-refractivity contribution in [1.29, 1.82) is 0 Å². The van der Waals surface area contributed by atoms with Crippen LogP contribution < -0.4 is 9.47 Å². The van der Waals surface area contributed by atoms with Crippen molar-refractivity contribution in [2.75, 3.05) is 14.2 Å². The van der Waals surface area contributed by atoms with Crippen LogP contribution in [0.4, 0.5) is 13.2 Å². The third-order valence-electron chi connectivity index (χ3n) is 3.45. The zero-order valence-corrected chi connectivity index (χ0v) is 13.4. The summed E-state index contributed by atoms with van der Waals surface area (Å²) in [6.07, 6.45) is 0.574. The van der Waals surface area contributed by atoms with Crippen molar-refractivity contribution in [3.05, 3.63) is 65.2 Å². The minimum atomic E-state index is -4.36. The maximum atomic E-state index is 12.7. The maximum absolute atomic E-state index is 12.7. The van der Waals surface area contributed by atoms with Crippen molar-refractivity contribution in [1.82, 2.24) is 0 Å². The van der Waals surface area contributed by atoms with Crippen LogP contribution in [0.5, 0.6) is 11.5 Å². The molecule has 0 saturated carbocycles. The number of hydrogen-bond donors (Lipinski definition) is 0. The van der Waals surface area contributed by atoms with E-state index >= 15 is 0 Å². The number of halogens is 3. The summed E-state index contributed by atoms with van der Waals surface area (Å²) in [5.74, 6) is 1.15. The molecule has 0 aliphatic heterocycles. The summed E-state index contributed by atoms with van der Waals surface area (Å²) in [7, 11) is 3.06. The number of rotatable bonds is 5. The molecule has 2 aromatic rings. The summed E-state index contributed by atoms with van der Waals surface area (Å²) < 4.78 is 48.8. The fourth-order valence-electron chi connectivity index (χ4n) is 2.27. The molecule has 0 N–H and O–H groups in total. The second-order valence-corrected chi connectivity index (χ2v) is 5.00. The van der Waals surface area contributed by atoms with Crippen LogP contribution >= 0.6 is 0 Å². The third-order valence-corrected chi connectivity index (χ3v) is 3.45. The lowest BCUT2D eigenvalue weighted by Crippen LogP contribution is -2.04. The first-order valence-corrected chi connectivity index (χ1v) is 7.13. The Morgan fingerprint density at radius 1 is 0.917 bits per heavy atom. The Hall–Kier alpha value is -2.69. The molecule has 0 unspecified atom stereocenters. The second kappa shape index (κ2) is 7.25. The van der Waals surface area contributed by atoms with E-state index in [0.717, 1.165) is 23.3 Å². The smallest absolute Gasteiger partial charge is 0.416 e. The van der Waals surface area contributed by atoms with Gasteiger partial charge in [-0.25, -0.2) is 0 Å². The van der Waals surface area contributed by atoms with Crippen LogP contribution in [0.1, 0.15) is 22.3 Å². The van der Waals surface area contributed by atoms with E-state index in [0.29, 0.717) is 17.1 Å². The highest BCUT2D eigenvalue weighted by atomic mass is 19.4. The highest BCUT2D eigenvalue weighted by Crippen LogP contribution is 2.33. The Kier molecular flexibility index (Phi) is 5.34. The van der Waals surface area contributed by atoms with Crippen LogP contribution in [0.2, 0.25) is 0 Å².